The van der Waals surface area contributed by atoms with Crippen LogP contribution in [-0.2, 0) is 9.53 Å². The summed E-state index contributed by atoms with van der Waals surface area (Å²) in [4.78, 5) is 11.8. The number of ether oxygens (including phenoxy) is 1. The van der Waals surface area contributed by atoms with Gasteiger partial charge in [-0.1, -0.05) is 19.8 Å². The molecule has 19 heavy (non-hydrogen) atoms. The van der Waals surface area contributed by atoms with Gasteiger partial charge in [-0.2, -0.15) is 0 Å². The average molecular weight is 293 g/mol. The summed E-state index contributed by atoms with van der Waals surface area (Å²) in [5.41, 5.74) is 5.66. The smallest absolute Gasteiger partial charge is 0.220 e. The molecule has 1 aliphatic rings. The Morgan fingerprint density at radius 2 is 2.21 bits per heavy atom. The fourth-order valence-corrected chi connectivity index (χ4v) is 2.39. The first-order valence-electron chi connectivity index (χ1n) is 7.30. The van der Waals surface area contributed by atoms with Crippen LogP contribution in [0.25, 0.3) is 0 Å². The van der Waals surface area contributed by atoms with Crippen LogP contribution in [0.2, 0.25) is 0 Å². The molecule has 3 N–H and O–H groups in total. The van der Waals surface area contributed by atoms with E-state index in [4.69, 9.17) is 10.5 Å². The first-order chi connectivity index (χ1) is 8.65. The van der Waals surface area contributed by atoms with Crippen LogP contribution in [0.15, 0.2) is 0 Å². The van der Waals surface area contributed by atoms with E-state index in [0.29, 0.717) is 19.1 Å². The Morgan fingerprint density at radius 1 is 1.47 bits per heavy atom. The third kappa shape index (κ3) is 7.75. The van der Waals surface area contributed by atoms with E-state index in [-0.39, 0.29) is 30.5 Å². The Morgan fingerprint density at radius 3 is 2.74 bits per heavy atom. The Hall–Kier alpha value is -0.320. The van der Waals surface area contributed by atoms with Crippen LogP contribution < -0.4 is 11.1 Å². The maximum absolute atomic E-state index is 11.8. The number of nitrogens with one attached hydrogen (secondary N) is 1. The van der Waals surface area contributed by atoms with Crippen LogP contribution in [0.5, 0.6) is 0 Å². The molecule has 0 bridgehead atoms. The van der Waals surface area contributed by atoms with Gasteiger partial charge in [0.2, 0.25) is 5.91 Å². The lowest BCUT2D eigenvalue weighted by molar-refractivity contribution is -0.122. The molecule has 1 rings (SSSR count). The Balaban J connectivity index is 0.00000324. The van der Waals surface area contributed by atoms with E-state index in [2.05, 4.69) is 19.2 Å². The fraction of sp³-hybridized carbons (Fsp3) is 0.929. The zero-order chi connectivity index (χ0) is 13.4. The molecule has 4 nitrogen and oxygen atoms in total. The lowest BCUT2D eigenvalue weighted by atomic mass is 10.1. The van der Waals surface area contributed by atoms with Gasteiger partial charge in [0.05, 0.1) is 12.2 Å². The second-order valence-electron chi connectivity index (χ2n) is 5.33. The number of nitrogens with two attached hydrogens (primary N) is 1. The van der Waals surface area contributed by atoms with E-state index < -0.39 is 0 Å². The van der Waals surface area contributed by atoms with Crippen molar-refractivity contribution >= 4 is 18.3 Å². The highest BCUT2D eigenvalue weighted by atomic mass is 35.5. The summed E-state index contributed by atoms with van der Waals surface area (Å²) >= 11 is 0. The molecule has 0 saturated carbocycles. The minimum Gasteiger partial charge on any atom is -0.375 e. The van der Waals surface area contributed by atoms with Gasteiger partial charge in [0.25, 0.3) is 0 Å². The van der Waals surface area contributed by atoms with E-state index in [9.17, 15) is 4.79 Å². The molecule has 114 valence electrons. The van der Waals surface area contributed by atoms with Crippen molar-refractivity contribution < 1.29 is 9.53 Å². The number of rotatable bonds is 8. The predicted molar refractivity (Wildman–Crippen MR) is 80.6 cm³/mol. The first kappa shape index (κ1) is 18.7. The topological polar surface area (TPSA) is 64.3 Å². The van der Waals surface area contributed by atoms with Crippen molar-refractivity contribution in [3.63, 3.8) is 0 Å². The molecule has 3 unspecified atom stereocenters. The number of carbonyl (C=O) groups excluding carboxylic acids is 1. The third-order valence-electron chi connectivity index (χ3n) is 3.57. The van der Waals surface area contributed by atoms with Crippen LogP contribution in [0.4, 0.5) is 0 Å². The highest BCUT2D eigenvalue weighted by molar-refractivity contribution is 5.85. The minimum absolute atomic E-state index is 0. The second-order valence-corrected chi connectivity index (χ2v) is 5.33. The van der Waals surface area contributed by atoms with Crippen molar-refractivity contribution in [2.24, 2.45) is 5.73 Å². The second kappa shape index (κ2) is 10.5. The van der Waals surface area contributed by atoms with Crippen molar-refractivity contribution in [3.8, 4) is 0 Å². The highest BCUT2D eigenvalue weighted by Crippen LogP contribution is 2.22. The molecule has 3 atom stereocenters. The molecule has 5 heteroatoms. The molecule has 1 amide bonds. The maximum Gasteiger partial charge on any atom is 0.220 e. The highest BCUT2D eigenvalue weighted by Gasteiger charge is 2.22. The molecule has 1 heterocycles. The zero-order valence-corrected chi connectivity index (χ0v) is 13.0. The van der Waals surface area contributed by atoms with E-state index in [1.165, 1.54) is 0 Å². The first-order valence-corrected chi connectivity index (χ1v) is 7.30. The number of amides is 1. The number of hydrogen-bond acceptors (Lipinski definition) is 3. The van der Waals surface area contributed by atoms with Gasteiger partial charge >= 0.3 is 0 Å². The van der Waals surface area contributed by atoms with Gasteiger partial charge in [-0.05, 0) is 32.6 Å². The average Bonchev–Trinajstić information content (AvgIpc) is 2.78. The molecule has 0 spiro atoms. The van der Waals surface area contributed by atoms with Gasteiger partial charge in [-0.3, -0.25) is 4.79 Å². The summed E-state index contributed by atoms with van der Waals surface area (Å²) in [5.74, 6) is 0.115. The van der Waals surface area contributed by atoms with E-state index in [0.717, 1.165) is 38.5 Å². The van der Waals surface area contributed by atoms with E-state index >= 15 is 0 Å². The normalized spacial score (nSPS) is 23.7. The van der Waals surface area contributed by atoms with E-state index in [1.54, 1.807) is 0 Å². The number of halogens is 1. The molecule has 0 aromatic rings. The predicted octanol–water partition coefficient (Wildman–Crippen LogP) is 2.39. The molecule has 1 aliphatic heterocycles. The number of carbonyl (C=O) groups is 1. The number of unbranched alkanes of at least 4 members (excludes halogenated alkanes) is 1. The van der Waals surface area contributed by atoms with Crippen molar-refractivity contribution in [2.75, 3.05) is 6.54 Å². The summed E-state index contributed by atoms with van der Waals surface area (Å²) in [6, 6.07) is 0.140. The van der Waals surface area contributed by atoms with Gasteiger partial charge in [0, 0.05) is 19.0 Å². The summed E-state index contributed by atoms with van der Waals surface area (Å²) in [6.45, 7) is 4.77. The van der Waals surface area contributed by atoms with Crippen molar-refractivity contribution in [1.29, 1.82) is 0 Å². The summed E-state index contributed by atoms with van der Waals surface area (Å²) in [7, 11) is 0. The fourth-order valence-electron chi connectivity index (χ4n) is 2.39. The van der Waals surface area contributed by atoms with Crippen molar-refractivity contribution in [3.05, 3.63) is 0 Å². The SMILES string of the molecule is CCCCC(CN)NC(=O)CCC1CCC(C)O1.Cl. The van der Waals surface area contributed by atoms with Gasteiger partial charge in [-0.25, -0.2) is 0 Å². The van der Waals surface area contributed by atoms with Crippen LogP contribution in [-0.4, -0.2) is 30.7 Å². The van der Waals surface area contributed by atoms with Gasteiger partial charge in [-0.15, -0.1) is 12.4 Å². The van der Waals surface area contributed by atoms with Crippen LogP contribution in [0, 0.1) is 0 Å². The third-order valence-corrected chi connectivity index (χ3v) is 3.57. The lowest BCUT2D eigenvalue weighted by Gasteiger charge is -2.17. The molecule has 1 fully saturated rings. The molecule has 0 aliphatic carbocycles. The van der Waals surface area contributed by atoms with Crippen LogP contribution >= 0.6 is 12.4 Å². The molecular weight excluding hydrogens is 264 g/mol. The monoisotopic (exact) mass is 292 g/mol. The standard InChI is InChI=1S/C14H28N2O2.ClH/c1-3-4-5-12(10-15)16-14(17)9-8-13-7-6-11(2)18-13;/h11-13H,3-10,15H2,1-2H3,(H,16,17);1H. The summed E-state index contributed by atoms with van der Waals surface area (Å²) in [5, 5.41) is 3.02. The van der Waals surface area contributed by atoms with Gasteiger partial charge in [0.1, 0.15) is 0 Å². The lowest BCUT2D eigenvalue weighted by Crippen LogP contribution is -2.40. The summed E-state index contributed by atoms with van der Waals surface area (Å²) < 4.78 is 5.70. The summed E-state index contributed by atoms with van der Waals surface area (Å²) in [6.07, 6.45) is 7.47. The Kier molecular flexibility index (Phi) is 10.3. The van der Waals surface area contributed by atoms with Gasteiger partial charge < -0.3 is 15.8 Å². The maximum atomic E-state index is 11.8. The molecule has 0 radical (unpaired) electrons. The zero-order valence-electron chi connectivity index (χ0n) is 12.2. The molecule has 1 saturated heterocycles. The van der Waals surface area contributed by atoms with Crippen molar-refractivity contribution in [2.45, 2.75) is 77.0 Å². The van der Waals surface area contributed by atoms with Crippen LogP contribution in [0.3, 0.4) is 0 Å². The Labute approximate surface area is 123 Å². The Bertz CT molecular complexity index is 252. The van der Waals surface area contributed by atoms with Crippen LogP contribution in [0.1, 0.15) is 58.8 Å². The molecular formula is C14H29ClN2O2. The van der Waals surface area contributed by atoms with E-state index in [1.807, 2.05) is 0 Å². The number of hydrogen-bond donors (Lipinski definition) is 2. The minimum atomic E-state index is 0. The molecule has 0 aromatic carbocycles. The largest absolute Gasteiger partial charge is 0.375 e. The quantitative estimate of drug-likeness (QED) is 0.722. The van der Waals surface area contributed by atoms with Gasteiger partial charge in [0.15, 0.2) is 0 Å². The van der Waals surface area contributed by atoms with Crippen molar-refractivity contribution in [1.82, 2.24) is 5.32 Å². The molecule has 0 aromatic heterocycles.